The highest BCUT2D eigenvalue weighted by Gasteiger charge is 2.37. The predicted molar refractivity (Wildman–Crippen MR) is 94.6 cm³/mol. The number of nitrogens with zero attached hydrogens (tertiary/aromatic N) is 1. The third-order valence-corrected chi connectivity index (χ3v) is 4.56. The lowest BCUT2D eigenvalue weighted by molar-refractivity contribution is -0.130. The Morgan fingerprint density at radius 3 is 2.46 bits per heavy atom. The van der Waals surface area contributed by atoms with Crippen LogP contribution in [0.15, 0.2) is 54.6 Å². The number of likely N-dealkylation sites (tertiary alicyclic amines) is 1. The monoisotopic (exact) mass is 324 g/mol. The summed E-state index contributed by atoms with van der Waals surface area (Å²) in [6.45, 7) is 4.29. The van der Waals surface area contributed by atoms with Crippen LogP contribution in [0.5, 0.6) is 5.75 Å². The molecule has 0 aliphatic carbocycles. The Balaban J connectivity index is 1.59. The third kappa shape index (κ3) is 3.77. The van der Waals surface area contributed by atoms with Crippen molar-refractivity contribution in [3.05, 3.63) is 65.7 Å². The number of amides is 1. The molecule has 1 aliphatic rings. The van der Waals surface area contributed by atoms with Gasteiger partial charge in [-0.3, -0.25) is 4.79 Å². The molecular weight excluding hydrogens is 300 g/mol. The fraction of sp³-hybridized carbons (Fsp3) is 0.350. The third-order valence-electron chi connectivity index (χ3n) is 4.56. The number of hydrogen-bond donors (Lipinski definition) is 1. The van der Waals surface area contributed by atoms with Crippen molar-refractivity contribution < 1.29 is 9.53 Å². The molecule has 2 aromatic carbocycles. The minimum absolute atomic E-state index is 0.108. The highest BCUT2D eigenvalue weighted by Crippen LogP contribution is 2.22. The van der Waals surface area contributed by atoms with Gasteiger partial charge in [-0.2, -0.15) is 0 Å². The molecule has 4 nitrogen and oxygen atoms in total. The summed E-state index contributed by atoms with van der Waals surface area (Å²) < 4.78 is 5.18. The second kappa shape index (κ2) is 7.49. The Bertz CT molecular complexity index is 670. The Morgan fingerprint density at radius 1 is 1.08 bits per heavy atom. The van der Waals surface area contributed by atoms with E-state index in [1.807, 2.05) is 47.4 Å². The number of rotatable bonds is 6. The largest absolute Gasteiger partial charge is 0.497 e. The van der Waals surface area contributed by atoms with E-state index in [1.54, 1.807) is 7.11 Å². The molecule has 0 unspecified atom stereocenters. The zero-order valence-corrected chi connectivity index (χ0v) is 14.2. The van der Waals surface area contributed by atoms with Gasteiger partial charge < -0.3 is 15.0 Å². The smallest absolute Gasteiger partial charge is 0.240 e. The van der Waals surface area contributed by atoms with Crippen molar-refractivity contribution in [2.24, 2.45) is 5.92 Å². The molecule has 126 valence electrons. The average Bonchev–Trinajstić information content (AvgIpc) is 2.88. The highest BCUT2D eigenvalue weighted by molar-refractivity contribution is 5.84. The minimum Gasteiger partial charge on any atom is -0.497 e. The van der Waals surface area contributed by atoms with Crippen LogP contribution in [0, 0.1) is 5.92 Å². The van der Waals surface area contributed by atoms with Gasteiger partial charge in [0.25, 0.3) is 0 Å². The first-order valence-corrected chi connectivity index (χ1v) is 8.36. The molecule has 0 bridgehead atoms. The Morgan fingerprint density at radius 2 is 1.79 bits per heavy atom. The summed E-state index contributed by atoms with van der Waals surface area (Å²) in [7, 11) is 1.66. The van der Waals surface area contributed by atoms with Crippen LogP contribution in [0.25, 0.3) is 0 Å². The van der Waals surface area contributed by atoms with Crippen molar-refractivity contribution >= 4 is 5.91 Å². The highest BCUT2D eigenvalue weighted by atomic mass is 16.5. The van der Waals surface area contributed by atoms with E-state index in [0.717, 1.165) is 24.4 Å². The maximum absolute atomic E-state index is 12.7. The minimum atomic E-state index is -0.108. The molecule has 0 aromatic heterocycles. The van der Waals surface area contributed by atoms with Gasteiger partial charge in [0.15, 0.2) is 0 Å². The van der Waals surface area contributed by atoms with Crippen LogP contribution in [0.1, 0.15) is 18.1 Å². The molecule has 4 heteroatoms. The van der Waals surface area contributed by atoms with Crippen molar-refractivity contribution in [1.82, 2.24) is 10.2 Å². The molecule has 2 aromatic rings. The average molecular weight is 324 g/mol. The second-order valence-corrected chi connectivity index (χ2v) is 6.39. The molecule has 1 heterocycles. The lowest BCUT2D eigenvalue weighted by Crippen LogP contribution is -2.39. The van der Waals surface area contributed by atoms with Gasteiger partial charge in [-0.05, 0) is 29.2 Å². The van der Waals surface area contributed by atoms with Gasteiger partial charge in [-0.25, -0.2) is 0 Å². The first kappa shape index (κ1) is 16.5. The van der Waals surface area contributed by atoms with Gasteiger partial charge in [0, 0.05) is 19.6 Å². The lowest BCUT2D eigenvalue weighted by Gasteiger charge is -2.17. The molecule has 0 saturated carbocycles. The van der Waals surface area contributed by atoms with E-state index in [9.17, 15) is 4.79 Å². The van der Waals surface area contributed by atoms with Crippen molar-refractivity contribution in [2.45, 2.75) is 26.1 Å². The number of ether oxygens (including phenoxy) is 1. The quantitative estimate of drug-likeness (QED) is 0.888. The van der Waals surface area contributed by atoms with E-state index in [4.69, 9.17) is 4.74 Å². The zero-order valence-electron chi connectivity index (χ0n) is 14.2. The van der Waals surface area contributed by atoms with Crippen LogP contribution in [-0.4, -0.2) is 30.5 Å². The summed E-state index contributed by atoms with van der Waals surface area (Å²) in [5, 5.41) is 3.42. The molecule has 1 aliphatic heterocycles. The molecular formula is C20H24N2O2. The maximum Gasteiger partial charge on any atom is 0.240 e. The van der Waals surface area contributed by atoms with Gasteiger partial charge >= 0.3 is 0 Å². The number of benzene rings is 2. The number of carbonyl (C=O) groups is 1. The van der Waals surface area contributed by atoms with Crippen LogP contribution >= 0.6 is 0 Å². The lowest BCUT2D eigenvalue weighted by atomic mass is 10.1. The van der Waals surface area contributed by atoms with Crippen LogP contribution in [0.4, 0.5) is 0 Å². The van der Waals surface area contributed by atoms with Crippen LogP contribution in [0.3, 0.4) is 0 Å². The summed E-state index contributed by atoms with van der Waals surface area (Å²) in [6.07, 6.45) is 0. The first-order valence-electron chi connectivity index (χ1n) is 8.36. The summed E-state index contributed by atoms with van der Waals surface area (Å²) >= 11 is 0. The van der Waals surface area contributed by atoms with Crippen molar-refractivity contribution in [3.8, 4) is 5.75 Å². The van der Waals surface area contributed by atoms with Crippen molar-refractivity contribution in [3.63, 3.8) is 0 Å². The Hall–Kier alpha value is -2.33. The molecule has 0 spiro atoms. The van der Waals surface area contributed by atoms with Crippen LogP contribution in [-0.2, 0) is 17.9 Å². The molecule has 1 fully saturated rings. The van der Waals surface area contributed by atoms with E-state index in [2.05, 4.69) is 24.4 Å². The molecule has 1 N–H and O–H groups in total. The van der Waals surface area contributed by atoms with Gasteiger partial charge in [0.05, 0.1) is 13.2 Å². The van der Waals surface area contributed by atoms with Crippen molar-refractivity contribution in [2.75, 3.05) is 13.7 Å². The standard InChI is InChI=1S/C20H24N2O2/c1-15-13-22(14-17-8-10-18(24-2)11-9-17)20(23)19(15)21-12-16-6-4-3-5-7-16/h3-11,15,19,21H,12-14H2,1-2H3/t15-,19+/m0/s1. The summed E-state index contributed by atoms with van der Waals surface area (Å²) in [4.78, 5) is 14.6. The number of nitrogens with one attached hydrogen (secondary N) is 1. The normalized spacial score (nSPS) is 20.4. The van der Waals surface area contributed by atoms with Gasteiger partial charge in [-0.15, -0.1) is 0 Å². The van der Waals surface area contributed by atoms with E-state index in [1.165, 1.54) is 5.56 Å². The maximum atomic E-state index is 12.7. The Labute approximate surface area is 143 Å². The Kier molecular flexibility index (Phi) is 5.16. The topological polar surface area (TPSA) is 41.6 Å². The summed E-state index contributed by atoms with van der Waals surface area (Å²) in [6, 6.07) is 18.0. The molecule has 1 amide bonds. The van der Waals surface area contributed by atoms with E-state index in [-0.39, 0.29) is 11.9 Å². The molecule has 1 saturated heterocycles. The summed E-state index contributed by atoms with van der Waals surface area (Å²) in [5.41, 5.74) is 2.33. The van der Waals surface area contributed by atoms with Gasteiger partial charge in [0.2, 0.25) is 5.91 Å². The van der Waals surface area contributed by atoms with E-state index < -0.39 is 0 Å². The molecule has 3 rings (SSSR count). The molecule has 0 radical (unpaired) electrons. The van der Waals surface area contributed by atoms with Crippen LogP contribution < -0.4 is 10.1 Å². The fourth-order valence-corrected chi connectivity index (χ4v) is 3.19. The van der Waals surface area contributed by atoms with E-state index in [0.29, 0.717) is 12.5 Å². The molecule has 24 heavy (non-hydrogen) atoms. The fourth-order valence-electron chi connectivity index (χ4n) is 3.19. The van der Waals surface area contributed by atoms with Gasteiger partial charge in [-0.1, -0.05) is 49.4 Å². The SMILES string of the molecule is COc1ccc(CN2C[C@H](C)[C@@H](NCc3ccccc3)C2=O)cc1. The summed E-state index contributed by atoms with van der Waals surface area (Å²) in [5.74, 6) is 1.33. The first-order chi connectivity index (χ1) is 11.7. The molecule has 2 atom stereocenters. The van der Waals surface area contributed by atoms with Crippen LogP contribution in [0.2, 0.25) is 0 Å². The number of carbonyl (C=O) groups excluding carboxylic acids is 1. The van der Waals surface area contributed by atoms with Crippen molar-refractivity contribution in [1.29, 1.82) is 0 Å². The van der Waals surface area contributed by atoms with E-state index >= 15 is 0 Å². The van der Waals surface area contributed by atoms with Gasteiger partial charge in [0.1, 0.15) is 5.75 Å². The number of hydrogen-bond acceptors (Lipinski definition) is 3. The number of methoxy groups -OCH3 is 1. The predicted octanol–water partition coefficient (Wildman–Crippen LogP) is 2.83. The zero-order chi connectivity index (χ0) is 16.9. The second-order valence-electron chi connectivity index (χ2n) is 6.39.